The minimum atomic E-state index is 0. The molecule has 0 saturated carbocycles. The zero-order chi connectivity index (χ0) is 0. The predicted molar refractivity (Wildman–Crippen MR) is 7.74 cm³/mol. The van der Waals surface area contributed by atoms with Gasteiger partial charge >= 0.3 is 79.9 Å². The summed E-state index contributed by atoms with van der Waals surface area (Å²) in [6, 6.07) is 0. The molecule has 7 heavy (non-hydrogen) atoms. The zero-order valence-electron chi connectivity index (χ0n) is 3.29. The van der Waals surface area contributed by atoms with Gasteiger partial charge in [0.15, 0.2) is 0 Å². The van der Waals surface area contributed by atoms with Gasteiger partial charge in [-0.15, -0.1) is 0 Å². The number of hydrogen-bond acceptors (Lipinski definition) is 4. The second-order valence-electron chi connectivity index (χ2n) is 0. The molecule has 0 spiro atoms. The molecule has 0 fully saturated rings. The van der Waals surface area contributed by atoms with Crippen molar-refractivity contribution in [1.29, 1.82) is 0 Å². The third kappa shape index (κ3) is 46.5. The van der Waals surface area contributed by atoms with E-state index >= 15 is 0 Å². The molecule has 0 aromatic rings. The van der Waals surface area contributed by atoms with Gasteiger partial charge in [-0.25, -0.2) is 0 Å². The molecule has 0 unspecified atom stereocenters. The van der Waals surface area contributed by atoms with Crippen molar-refractivity contribution in [2.75, 3.05) is 0 Å². The quantitative estimate of drug-likeness (QED) is 0.352. The van der Waals surface area contributed by atoms with Crippen molar-refractivity contribution in [1.82, 2.24) is 0 Å². The molecule has 4 nitrogen and oxygen atoms in total. The maximum absolute atomic E-state index is 0. The molecule has 0 aromatic carbocycles. The van der Waals surface area contributed by atoms with Gasteiger partial charge in [0.05, 0.1) is 0 Å². The average molecular weight is 580 g/mol. The van der Waals surface area contributed by atoms with E-state index in [-0.39, 0.29) is 124 Å². The molecule has 0 bridgehead atoms. The van der Waals surface area contributed by atoms with E-state index in [0.717, 1.165) is 0 Å². The van der Waals surface area contributed by atoms with Crippen molar-refractivity contribution in [3.05, 3.63) is 0 Å². The Morgan fingerprint density at radius 1 is 0.429 bits per heavy atom. The molecular weight excluding hydrogens is 576 g/mol. The summed E-state index contributed by atoms with van der Waals surface area (Å²) in [6.45, 7) is 0. The smallest absolute Gasteiger partial charge is 0.870 e. The van der Waals surface area contributed by atoms with Crippen molar-refractivity contribution in [3.63, 3.8) is 0 Å². The van der Waals surface area contributed by atoms with Crippen LogP contribution in [0.3, 0.4) is 0 Å². The van der Waals surface area contributed by atoms with Gasteiger partial charge < -0.3 is 21.9 Å². The number of hydrogen-bond donors (Lipinski definition) is 0. The fourth-order valence-corrected chi connectivity index (χ4v) is 0. The summed E-state index contributed by atoms with van der Waals surface area (Å²) < 4.78 is 0. The van der Waals surface area contributed by atoms with Crippen LogP contribution in [0.4, 0.5) is 0 Å². The summed E-state index contributed by atoms with van der Waals surface area (Å²) in [5.41, 5.74) is 0. The van der Waals surface area contributed by atoms with Crippen LogP contribution >= 0.6 is 0 Å². The molecule has 0 aromatic heterocycles. The molecule has 0 aliphatic heterocycles. The third-order valence-corrected chi connectivity index (χ3v) is 0. The average Bonchev–Trinajstić information content (AvgIpc) is 0. The molecule has 0 heterocycles. The van der Waals surface area contributed by atoms with Gasteiger partial charge in [-0.3, -0.25) is 0 Å². The van der Waals surface area contributed by atoms with Crippen LogP contribution in [0.15, 0.2) is 0 Å². The predicted octanol–water partition coefficient (Wildman–Crippen LogP) is -0.710. The van der Waals surface area contributed by atoms with E-state index in [2.05, 4.69) is 0 Å². The zero-order valence-corrected chi connectivity index (χ0v) is 13.1. The van der Waals surface area contributed by atoms with Crippen LogP contribution in [0.25, 0.3) is 0 Å². The van der Waals surface area contributed by atoms with Gasteiger partial charge in [0.25, 0.3) is 0 Å². The molecule has 0 radical (unpaired) electrons. The summed E-state index contributed by atoms with van der Waals surface area (Å²) in [5, 5.41) is 0. The molecule has 40 valence electrons. The second-order valence-corrected chi connectivity index (χ2v) is 0. The molecule has 0 rings (SSSR count). The Morgan fingerprint density at radius 2 is 0.429 bits per heavy atom. The van der Waals surface area contributed by atoms with Crippen molar-refractivity contribution < 1.29 is 124 Å². The van der Waals surface area contributed by atoms with Gasteiger partial charge in [0.1, 0.15) is 0 Å². The van der Waals surface area contributed by atoms with E-state index in [1.807, 2.05) is 0 Å². The fraction of sp³-hybridized carbons (Fsp3) is 0. The van der Waals surface area contributed by atoms with Gasteiger partial charge in [-0.2, -0.15) is 0 Å². The van der Waals surface area contributed by atoms with Crippen LogP contribution in [-0.4, -0.2) is 21.9 Å². The van der Waals surface area contributed by atoms with E-state index in [9.17, 15) is 0 Å². The van der Waals surface area contributed by atoms with Crippen molar-refractivity contribution in [3.8, 4) is 0 Å². The van der Waals surface area contributed by atoms with Crippen LogP contribution in [0, 0.1) is 79.9 Å². The van der Waals surface area contributed by atoms with Crippen LogP contribution in [0.1, 0.15) is 0 Å². The van der Waals surface area contributed by atoms with Gasteiger partial charge in [0.2, 0.25) is 0 Å². The van der Waals surface area contributed by atoms with Crippen LogP contribution < -0.4 is 0 Å². The molecule has 0 saturated heterocycles. The third-order valence-electron chi connectivity index (χ3n) is 0. The monoisotopic (exact) mass is 580 g/mol. The van der Waals surface area contributed by atoms with Crippen molar-refractivity contribution in [2.45, 2.75) is 0 Å². The molecule has 0 aliphatic rings. The summed E-state index contributed by atoms with van der Waals surface area (Å²) in [5.74, 6) is 0. The Hall–Kier alpha value is 3.20. The van der Waals surface area contributed by atoms with E-state index in [1.165, 1.54) is 0 Å². The minimum Gasteiger partial charge on any atom is -0.870 e. The second kappa shape index (κ2) is 60.4. The molecule has 0 aliphatic carbocycles. The SMILES string of the molecule is [OH-].[OH-].[OH-].[OH-].[Th+2].[Th+2].[Ti]. The Morgan fingerprint density at radius 3 is 0.429 bits per heavy atom. The summed E-state index contributed by atoms with van der Waals surface area (Å²) in [6.07, 6.45) is 0. The van der Waals surface area contributed by atoms with Crippen LogP contribution in [0.5, 0.6) is 0 Å². The van der Waals surface area contributed by atoms with Gasteiger partial charge in [-0.05, 0) is 0 Å². The first-order valence-corrected chi connectivity index (χ1v) is 0. The first kappa shape index (κ1) is 84.2. The minimum absolute atomic E-state index is 0. The molecule has 7 heteroatoms. The Balaban J connectivity index is 0. The van der Waals surface area contributed by atoms with E-state index in [4.69, 9.17) is 0 Å². The molecule has 4 N–H and O–H groups in total. The summed E-state index contributed by atoms with van der Waals surface area (Å²) >= 11 is 0. The van der Waals surface area contributed by atoms with Crippen molar-refractivity contribution in [2.24, 2.45) is 0 Å². The maximum atomic E-state index is 0. The molecule has 0 atom stereocenters. The van der Waals surface area contributed by atoms with Crippen molar-refractivity contribution >= 4 is 0 Å². The van der Waals surface area contributed by atoms with E-state index in [1.54, 1.807) is 0 Å². The summed E-state index contributed by atoms with van der Waals surface area (Å²) in [4.78, 5) is 0. The van der Waals surface area contributed by atoms with E-state index in [0.29, 0.717) is 0 Å². The summed E-state index contributed by atoms with van der Waals surface area (Å²) in [7, 11) is 0. The first-order chi connectivity index (χ1) is 0. The van der Waals surface area contributed by atoms with Crippen LogP contribution in [-0.2, 0) is 21.7 Å². The first-order valence-electron chi connectivity index (χ1n) is 0. The number of rotatable bonds is 0. The standard InChI is InChI=1S/4H2O.2Th.Ti/h4*1H2;;;/q;;;;2*+2;/p-4. The topological polar surface area (TPSA) is 120 Å². The fourth-order valence-electron chi connectivity index (χ4n) is 0. The molecule has 0 amide bonds. The van der Waals surface area contributed by atoms with Crippen LogP contribution in [0.2, 0.25) is 0 Å². The maximum Gasteiger partial charge on any atom is 2.00 e. The largest absolute Gasteiger partial charge is 2.00 e. The Labute approximate surface area is 121 Å². The van der Waals surface area contributed by atoms with E-state index < -0.39 is 0 Å². The molecular formula is H4O4Th2Ti. The van der Waals surface area contributed by atoms with Gasteiger partial charge in [-0.1, -0.05) is 0 Å². The Bertz CT molecular complexity index is 9.65. The normalized spacial score (nSPS) is 0. The Kier molecular flexibility index (Phi) is 726. The van der Waals surface area contributed by atoms with Gasteiger partial charge in [0, 0.05) is 21.7 Å².